The highest BCUT2D eigenvalue weighted by atomic mass is 79.9. The van der Waals surface area contributed by atoms with Gasteiger partial charge in [0.15, 0.2) is 18.1 Å². The quantitative estimate of drug-likeness (QED) is 0.581. The lowest BCUT2D eigenvalue weighted by atomic mass is 10.2. The number of benzene rings is 2. The molecule has 0 unspecified atom stereocenters. The minimum Gasteiger partial charge on any atom is -0.493 e. The van der Waals surface area contributed by atoms with Gasteiger partial charge in [-0.1, -0.05) is 52.3 Å². The Hall–Kier alpha value is -2.60. The van der Waals surface area contributed by atoms with Crippen molar-refractivity contribution in [3.8, 4) is 11.5 Å². The van der Waals surface area contributed by atoms with Crippen LogP contribution in [0.5, 0.6) is 11.5 Å². The number of amides is 1. The maximum absolute atomic E-state index is 11.7. The molecule has 0 aliphatic carbocycles. The van der Waals surface area contributed by atoms with Gasteiger partial charge in [0.2, 0.25) is 0 Å². The summed E-state index contributed by atoms with van der Waals surface area (Å²) < 4.78 is 11.5. The molecule has 124 valence electrons. The molecule has 0 heterocycles. The number of hydrogen-bond donors (Lipinski definition) is 1. The van der Waals surface area contributed by atoms with Gasteiger partial charge < -0.3 is 9.47 Å². The first-order valence-electron chi connectivity index (χ1n) is 7.19. The van der Waals surface area contributed by atoms with Crippen molar-refractivity contribution >= 4 is 34.1 Å². The van der Waals surface area contributed by atoms with Crippen molar-refractivity contribution in [2.45, 2.75) is 0 Å². The van der Waals surface area contributed by atoms with Gasteiger partial charge in [0.25, 0.3) is 5.91 Å². The summed E-state index contributed by atoms with van der Waals surface area (Å²) in [6, 6.07) is 15.1. The first kappa shape index (κ1) is 17.7. The summed E-state index contributed by atoms with van der Waals surface area (Å²) in [7, 11) is 1.54. The first-order chi connectivity index (χ1) is 11.7. The standard InChI is InChI=1S/C18H17BrN2O3/c1-23-17-12-15(19)9-10-16(17)24-13-18(22)21-20-11-5-8-14-6-3-2-4-7-14/h2-12H,13H2,1H3,(H,21,22)/b8-5+,20-11-. The Bertz CT molecular complexity index is 730. The van der Waals surface area contributed by atoms with Gasteiger partial charge in [0.1, 0.15) is 0 Å². The summed E-state index contributed by atoms with van der Waals surface area (Å²) in [5.74, 6) is 0.680. The number of carbonyl (C=O) groups is 1. The van der Waals surface area contributed by atoms with Crippen LogP contribution in [-0.4, -0.2) is 25.8 Å². The van der Waals surface area contributed by atoms with Gasteiger partial charge in [-0.25, -0.2) is 5.43 Å². The van der Waals surface area contributed by atoms with Gasteiger partial charge in [0, 0.05) is 10.7 Å². The molecule has 5 nitrogen and oxygen atoms in total. The first-order valence-corrected chi connectivity index (χ1v) is 7.98. The number of halogens is 1. The zero-order chi connectivity index (χ0) is 17.2. The maximum atomic E-state index is 11.7. The molecule has 0 fully saturated rings. The van der Waals surface area contributed by atoms with Crippen LogP contribution in [0.2, 0.25) is 0 Å². The monoisotopic (exact) mass is 388 g/mol. The summed E-state index contributed by atoms with van der Waals surface area (Å²) >= 11 is 3.34. The summed E-state index contributed by atoms with van der Waals surface area (Å²) in [5, 5.41) is 3.83. The van der Waals surface area contributed by atoms with E-state index in [1.165, 1.54) is 13.3 Å². The number of hydrazone groups is 1. The highest BCUT2D eigenvalue weighted by molar-refractivity contribution is 9.10. The second kappa shape index (κ2) is 9.52. The van der Waals surface area contributed by atoms with Crippen molar-refractivity contribution in [2.24, 2.45) is 5.10 Å². The minimum absolute atomic E-state index is 0.155. The topological polar surface area (TPSA) is 59.9 Å². The lowest BCUT2D eigenvalue weighted by Gasteiger charge is -2.09. The Morgan fingerprint density at radius 3 is 2.75 bits per heavy atom. The molecular formula is C18H17BrN2O3. The zero-order valence-electron chi connectivity index (χ0n) is 13.1. The zero-order valence-corrected chi connectivity index (χ0v) is 14.7. The molecule has 0 spiro atoms. The van der Waals surface area contributed by atoms with E-state index in [1.54, 1.807) is 18.2 Å². The van der Waals surface area contributed by atoms with E-state index < -0.39 is 0 Å². The van der Waals surface area contributed by atoms with Crippen molar-refractivity contribution in [3.05, 3.63) is 64.6 Å². The molecule has 6 heteroatoms. The fourth-order valence-corrected chi connectivity index (χ4v) is 2.15. The van der Waals surface area contributed by atoms with Gasteiger partial charge in [-0.2, -0.15) is 5.10 Å². The molecule has 2 aromatic carbocycles. The van der Waals surface area contributed by atoms with Crippen LogP contribution >= 0.6 is 15.9 Å². The van der Waals surface area contributed by atoms with Crippen LogP contribution in [0.4, 0.5) is 0 Å². The third-order valence-corrected chi connectivity index (χ3v) is 3.42. The van der Waals surface area contributed by atoms with Gasteiger partial charge in [-0.3, -0.25) is 4.79 Å². The predicted molar refractivity (Wildman–Crippen MR) is 98.3 cm³/mol. The molecule has 2 aromatic rings. The second-order valence-corrected chi connectivity index (χ2v) is 5.58. The number of hydrogen-bond acceptors (Lipinski definition) is 4. The van der Waals surface area contributed by atoms with E-state index in [0.717, 1.165) is 10.0 Å². The third-order valence-electron chi connectivity index (χ3n) is 2.92. The lowest BCUT2D eigenvalue weighted by Crippen LogP contribution is -2.24. The molecule has 0 saturated carbocycles. The van der Waals surface area contributed by atoms with Crippen molar-refractivity contribution < 1.29 is 14.3 Å². The molecule has 0 aromatic heterocycles. The van der Waals surface area contributed by atoms with Crippen LogP contribution in [0.15, 0.2) is 64.2 Å². The van der Waals surface area contributed by atoms with Gasteiger partial charge in [0.05, 0.1) is 7.11 Å². The number of nitrogens with one attached hydrogen (secondary N) is 1. The van der Waals surface area contributed by atoms with Crippen LogP contribution in [0.25, 0.3) is 6.08 Å². The molecule has 0 atom stereocenters. The largest absolute Gasteiger partial charge is 0.493 e. The summed E-state index contributed by atoms with van der Waals surface area (Å²) in [4.78, 5) is 11.7. The number of allylic oxidation sites excluding steroid dienone is 1. The van der Waals surface area contributed by atoms with Gasteiger partial charge in [-0.05, 0) is 29.8 Å². The van der Waals surface area contributed by atoms with E-state index >= 15 is 0 Å². The molecule has 0 radical (unpaired) electrons. The molecule has 1 amide bonds. The molecule has 24 heavy (non-hydrogen) atoms. The number of nitrogens with zero attached hydrogens (tertiary/aromatic N) is 1. The average Bonchev–Trinajstić information content (AvgIpc) is 2.61. The minimum atomic E-state index is -0.357. The summed E-state index contributed by atoms with van der Waals surface area (Å²) in [5.41, 5.74) is 3.45. The molecular weight excluding hydrogens is 372 g/mol. The van der Waals surface area contributed by atoms with E-state index in [-0.39, 0.29) is 12.5 Å². The molecule has 2 rings (SSSR count). The number of methoxy groups -OCH3 is 1. The van der Waals surface area contributed by atoms with Crippen molar-refractivity contribution in [3.63, 3.8) is 0 Å². The third kappa shape index (κ3) is 5.89. The maximum Gasteiger partial charge on any atom is 0.277 e. The SMILES string of the molecule is COc1cc(Br)ccc1OCC(=O)N/N=C\C=C\c1ccccc1. The fraction of sp³-hybridized carbons (Fsp3) is 0.111. The Balaban J connectivity index is 1.77. The highest BCUT2D eigenvalue weighted by Gasteiger charge is 2.07. The van der Waals surface area contributed by atoms with Crippen molar-refractivity contribution in [1.82, 2.24) is 5.43 Å². The van der Waals surface area contributed by atoms with E-state index in [1.807, 2.05) is 42.5 Å². The lowest BCUT2D eigenvalue weighted by molar-refractivity contribution is -0.123. The van der Waals surface area contributed by atoms with E-state index in [0.29, 0.717) is 11.5 Å². The van der Waals surface area contributed by atoms with Gasteiger partial charge in [-0.15, -0.1) is 0 Å². The van der Waals surface area contributed by atoms with Crippen molar-refractivity contribution in [2.75, 3.05) is 13.7 Å². The van der Waals surface area contributed by atoms with Crippen LogP contribution in [0.3, 0.4) is 0 Å². The summed E-state index contributed by atoms with van der Waals surface area (Å²) in [6.07, 6.45) is 5.14. The number of carbonyl (C=O) groups excluding carboxylic acids is 1. The van der Waals surface area contributed by atoms with Gasteiger partial charge >= 0.3 is 0 Å². The fourth-order valence-electron chi connectivity index (χ4n) is 1.81. The molecule has 0 aliphatic heterocycles. The molecule has 0 saturated heterocycles. The Morgan fingerprint density at radius 1 is 1.21 bits per heavy atom. The summed E-state index contributed by atoms with van der Waals surface area (Å²) in [6.45, 7) is -0.155. The Morgan fingerprint density at radius 2 is 2.00 bits per heavy atom. The van der Waals surface area contributed by atoms with E-state index in [4.69, 9.17) is 9.47 Å². The molecule has 0 aliphatic rings. The predicted octanol–water partition coefficient (Wildman–Crippen LogP) is 3.65. The molecule has 0 bridgehead atoms. The van der Waals surface area contributed by atoms with Crippen LogP contribution in [-0.2, 0) is 4.79 Å². The smallest absolute Gasteiger partial charge is 0.277 e. The number of ether oxygens (including phenoxy) is 2. The second-order valence-electron chi connectivity index (χ2n) is 4.67. The van der Waals surface area contributed by atoms with Crippen LogP contribution in [0.1, 0.15) is 5.56 Å². The highest BCUT2D eigenvalue weighted by Crippen LogP contribution is 2.29. The van der Waals surface area contributed by atoms with Crippen LogP contribution < -0.4 is 14.9 Å². The van der Waals surface area contributed by atoms with E-state index in [9.17, 15) is 4.79 Å². The number of rotatable bonds is 7. The normalized spacial score (nSPS) is 10.9. The van der Waals surface area contributed by atoms with E-state index in [2.05, 4.69) is 26.5 Å². The average molecular weight is 389 g/mol. The molecule has 1 N–H and O–H groups in total. The Labute approximate surface area is 149 Å². The van der Waals surface area contributed by atoms with Crippen LogP contribution in [0, 0.1) is 0 Å². The van der Waals surface area contributed by atoms with Crippen molar-refractivity contribution in [1.29, 1.82) is 0 Å². The Kier molecular flexibility index (Phi) is 7.04.